The van der Waals surface area contributed by atoms with Gasteiger partial charge in [0.2, 0.25) is 0 Å². The molecule has 0 aromatic carbocycles. The molecule has 0 radical (unpaired) electrons. The molecule has 21 heavy (non-hydrogen) atoms. The minimum absolute atomic E-state index is 0.574. The first-order valence-electron chi connectivity index (χ1n) is 9.12. The van der Waals surface area contributed by atoms with Gasteiger partial charge in [-0.2, -0.15) is 0 Å². The number of nitrogens with one attached hydrogen (secondary N) is 2. The van der Waals surface area contributed by atoms with E-state index in [9.17, 15) is 0 Å². The topological polar surface area (TPSA) is 36.5 Å². The van der Waals surface area contributed by atoms with Crippen molar-refractivity contribution in [2.75, 3.05) is 32.8 Å². The number of hydrogen-bond acceptors (Lipinski definition) is 4. The molecule has 0 aromatic heterocycles. The zero-order valence-electron chi connectivity index (χ0n) is 13.4. The van der Waals surface area contributed by atoms with Crippen molar-refractivity contribution in [3.63, 3.8) is 0 Å². The van der Waals surface area contributed by atoms with Gasteiger partial charge in [-0.15, -0.1) is 0 Å². The van der Waals surface area contributed by atoms with Gasteiger partial charge in [-0.3, -0.25) is 10.2 Å². The summed E-state index contributed by atoms with van der Waals surface area (Å²) in [5, 5.41) is 7.69. The molecule has 3 aliphatic heterocycles. The molecule has 1 saturated carbocycles. The minimum Gasteiger partial charge on any atom is -0.381 e. The van der Waals surface area contributed by atoms with E-state index in [-0.39, 0.29) is 0 Å². The van der Waals surface area contributed by atoms with Crippen molar-refractivity contribution < 1.29 is 4.74 Å². The molecule has 4 rings (SSSR count). The molecule has 0 aromatic rings. The molecule has 4 fully saturated rings. The zero-order chi connectivity index (χ0) is 14.2. The van der Waals surface area contributed by atoms with E-state index in [0.29, 0.717) is 18.2 Å². The van der Waals surface area contributed by atoms with Gasteiger partial charge in [0, 0.05) is 38.4 Å². The maximum Gasteiger partial charge on any atom is 0.0629 e. The van der Waals surface area contributed by atoms with E-state index in [1.54, 1.807) is 0 Å². The van der Waals surface area contributed by atoms with Crippen LogP contribution in [0.15, 0.2) is 0 Å². The quantitative estimate of drug-likeness (QED) is 0.708. The van der Waals surface area contributed by atoms with Crippen molar-refractivity contribution in [1.29, 1.82) is 0 Å². The van der Waals surface area contributed by atoms with Crippen LogP contribution in [0.1, 0.15) is 39.0 Å². The standard InChI is InChI=1S/C17H31N3O/c1-12-16-4-3-13-5-7-20(17(13)19-16)10-14-9-15(14)11-21-8-2-6-18-12/h12-19H,2-11H2,1H3. The second kappa shape index (κ2) is 6.15. The highest BCUT2D eigenvalue weighted by atomic mass is 16.5. The molecule has 0 spiro atoms. The highest BCUT2D eigenvalue weighted by molar-refractivity contribution is 4.98. The fraction of sp³-hybridized carbons (Fsp3) is 1.00. The van der Waals surface area contributed by atoms with Crippen molar-refractivity contribution >= 4 is 0 Å². The molecule has 6 atom stereocenters. The molecular weight excluding hydrogens is 262 g/mol. The summed E-state index contributed by atoms with van der Waals surface area (Å²) in [5.41, 5.74) is 0. The van der Waals surface area contributed by atoms with E-state index in [2.05, 4.69) is 22.5 Å². The van der Waals surface area contributed by atoms with Gasteiger partial charge in [0.25, 0.3) is 0 Å². The molecule has 2 bridgehead atoms. The molecule has 4 nitrogen and oxygen atoms in total. The smallest absolute Gasteiger partial charge is 0.0629 e. The highest BCUT2D eigenvalue weighted by Crippen LogP contribution is 2.42. The summed E-state index contributed by atoms with van der Waals surface area (Å²) >= 11 is 0. The van der Waals surface area contributed by atoms with Crippen LogP contribution in [0.25, 0.3) is 0 Å². The highest BCUT2D eigenvalue weighted by Gasteiger charge is 2.44. The Morgan fingerprint density at radius 1 is 1.10 bits per heavy atom. The van der Waals surface area contributed by atoms with Gasteiger partial charge in [0.15, 0.2) is 0 Å². The van der Waals surface area contributed by atoms with E-state index in [4.69, 9.17) is 4.74 Å². The molecule has 120 valence electrons. The maximum absolute atomic E-state index is 5.87. The number of nitrogens with zero attached hydrogens (tertiary/aromatic N) is 1. The van der Waals surface area contributed by atoms with E-state index >= 15 is 0 Å². The number of rotatable bonds is 0. The minimum atomic E-state index is 0.574. The third-order valence-corrected chi connectivity index (χ3v) is 6.27. The van der Waals surface area contributed by atoms with Gasteiger partial charge in [0.05, 0.1) is 6.17 Å². The van der Waals surface area contributed by atoms with Gasteiger partial charge >= 0.3 is 0 Å². The lowest BCUT2D eigenvalue weighted by Gasteiger charge is -2.40. The van der Waals surface area contributed by atoms with Crippen molar-refractivity contribution in [1.82, 2.24) is 15.5 Å². The second-order valence-electron chi connectivity index (χ2n) is 7.77. The van der Waals surface area contributed by atoms with Gasteiger partial charge in [0.1, 0.15) is 0 Å². The van der Waals surface area contributed by atoms with E-state index < -0.39 is 0 Å². The van der Waals surface area contributed by atoms with Gasteiger partial charge in [-0.25, -0.2) is 0 Å². The first-order chi connectivity index (χ1) is 10.3. The predicted molar refractivity (Wildman–Crippen MR) is 84.1 cm³/mol. The Kier molecular flexibility index (Phi) is 4.23. The van der Waals surface area contributed by atoms with Crippen molar-refractivity contribution in [2.45, 2.75) is 57.3 Å². The number of fused-ring (bicyclic) bond motifs is 2. The lowest BCUT2D eigenvalue weighted by atomic mass is 9.89. The average molecular weight is 293 g/mol. The summed E-state index contributed by atoms with van der Waals surface area (Å²) in [7, 11) is 0. The van der Waals surface area contributed by atoms with Crippen molar-refractivity contribution in [2.24, 2.45) is 17.8 Å². The fourth-order valence-electron chi connectivity index (χ4n) is 4.69. The first-order valence-corrected chi connectivity index (χ1v) is 9.12. The van der Waals surface area contributed by atoms with Crippen LogP contribution >= 0.6 is 0 Å². The lowest BCUT2D eigenvalue weighted by molar-refractivity contribution is 0.0951. The number of ether oxygens (including phenoxy) is 1. The van der Waals surface area contributed by atoms with Crippen LogP contribution in [-0.4, -0.2) is 56.0 Å². The van der Waals surface area contributed by atoms with Crippen LogP contribution in [0.5, 0.6) is 0 Å². The molecule has 3 saturated heterocycles. The third kappa shape index (κ3) is 3.14. The molecule has 2 N–H and O–H groups in total. The Labute approximate surface area is 129 Å². The lowest BCUT2D eigenvalue weighted by Crippen LogP contribution is -2.58. The predicted octanol–water partition coefficient (Wildman–Crippen LogP) is 1.42. The fourth-order valence-corrected chi connectivity index (χ4v) is 4.69. The maximum atomic E-state index is 5.87. The molecule has 0 amide bonds. The summed E-state index contributed by atoms with van der Waals surface area (Å²) in [5.74, 6) is 2.65. The first kappa shape index (κ1) is 14.4. The van der Waals surface area contributed by atoms with Crippen LogP contribution in [-0.2, 0) is 4.74 Å². The third-order valence-electron chi connectivity index (χ3n) is 6.27. The van der Waals surface area contributed by atoms with Gasteiger partial charge < -0.3 is 10.1 Å². The second-order valence-corrected chi connectivity index (χ2v) is 7.77. The van der Waals surface area contributed by atoms with Crippen LogP contribution in [0.3, 0.4) is 0 Å². The Balaban J connectivity index is 1.44. The molecular formula is C17H31N3O. The van der Waals surface area contributed by atoms with Crippen LogP contribution in [0.2, 0.25) is 0 Å². The molecule has 1 aliphatic carbocycles. The van der Waals surface area contributed by atoms with E-state index in [1.807, 2.05) is 0 Å². The van der Waals surface area contributed by atoms with E-state index in [0.717, 1.165) is 43.9 Å². The van der Waals surface area contributed by atoms with Crippen molar-refractivity contribution in [3.8, 4) is 0 Å². The van der Waals surface area contributed by atoms with Crippen molar-refractivity contribution in [3.05, 3.63) is 0 Å². The molecule has 4 aliphatic rings. The summed E-state index contributed by atoms with van der Waals surface area (Å²) in [6.45, 7) is 7.97. The molecule has 4 heteroatoms. The Morgan fingerprint density at radius 3 is 3.00 bits per heavy atom. The summed E-state index contributed by atoms with van der Waals surface area (Å²) in [4.78, 5) is 2.75. The Hall–Kier alpha value is -0.160. The Morgan fingerprint density at radius 2 is 2.05 bits per heavy atom. The number of hydrogen-bond donors (Lipinski definition) is 2. The molecule has 3 heterocycles. The SMILES string of the molecule is CC1NCCCOCC2CC2CN2CCC3CCC1NC32. The van der Waals surface area contributed by atoms with Crippen LogP contribution < -0.4 is 10.6 Å². The van der Waals surface area contributed by atoms with Gasteiger partial charge in [-0.1, -0.05) is 0 Å². The summed E-state index contributed by atoms with van der Waals surface area (Å²) in [6.07, 6.45) is 7.35. The molecule has 6 unspecified atom stereocenters. The zero-order valence-corrected chi connectivity index (χ0v) is 13.4. The normalized spacial score (nSPS) is 48.4. The van der Waals surface area contributed by atoms with Crippen LogP contribution in [0, 0.1) is 17.8 Å². The van der Waals surface area contributed by atoms with Crippen LogP contribution in [0.4, 0.5) is 0 Å². The largest absolute Gasteiger partial charge is 0.381 e. The summed E-state index contributed by atoms with van der Waals surface area (Å²) in [6, 6.07) is 1.22. The van der Waals surface area contributed by atoms with E-state index in [1.165, 1.54) is 38.8 Å². The van der Waals surface area contributed by atoms with Gasteiger partial charge in [-0.05, 0) is 63.3 Å². The summed E-state index contributed by atoms with van der Waals surface area (Å²) < 4.78 is 5.87. The average Bonchev–Trinajstić information content (AvgIpc) is 3.11. The Bertz CT molecular complexity index is 364. The monoisotopic (exact) mass is 293 g/mol. The number of piperidine rings is 1.